The Morgan fingerprint density at radius 1 is 1.15 bits per heavy atom. The summed E-state index contributed by atoms with van der Waals surface area (Å²) in [5, 5.41) is 0. The van der Waals surface area contributed by atoms with Crippen molar-refractivity contribution in [3.63, 3.8) is 0 Å². The maximum atomic E-state index is 13.7. The molecule has 1 heterocycles. The van der Waals surface area contributed by atoms with E-state index in [4.69, 9.17) is 9.47 Å². The van der Waals surface area contributed by atoms with Crippen LogP contribution in [0.25, 0.3) is 0 Å². The van der Waals surface area contributed by atoms with E-state index in [-0.39, 0.29) is 18.4 Å². The van der Waals surface area contributed by atoms with Crippen molar-refractivity contribution in [3.05, 3.63) is 93.5 Å². The number of hydrogen-bond donors (Lipinski definition) is 0. The highest BCUT2D eigenvalue weighted by Crippen LogP contribution is 2.48. The van der Waals surface area contributed by atoms with E-state index in [2.05, 4.69) is 45.9 Å². The SMILES string of the molecule is CCOC(=O)C1=C(C)C=C2O/C(=C/C3=C(C)C(C)C=C3)C(=O)C2C1c1ccc(C(C)C)cc1. The van der Waals surface area contributed by atoms with Crippen LogP contribution in [0, 0.1) is 11.8 Å². The molecule has 0 saturated carbocycles. The summed E-state index contributed by atoms with van der Waals surface area (Å²) >= 11 is 0. The molecule has 3 atom stereocenters. The molecule has 2 aliphatic carbocycles. The summed E-state index contributed by atoms with van der Waals surface area (Å²) < 4.78 is 11.5. The number of carbonyl (C=O) groups is 2. The molecule has 0 amide bonds. The van der Waals surface area contributed by atoms with E-state index < -0.39 is 11.8 Å². The second kappa shape index (κ2) is 9.01. The summed E-state index contributed by atoms with van der Waals surface area (Å²) in [6.07, 6.45) is 7.82. The van der Waals surface area contributed by atoms with E-state index in [1.54, 1.807) is 6.92 Å². The van der Waals surface area contributed by atoms with Gasteiger partial charge in [-0.05, 0) is 67.0 Å². The Kier molecular flexibility index (Phi) is 6.29. The van der Waals surface area contributed by atoms with Crippen LogP contribution in [0.5, 0.6) is 0 Å². The van der Waals surface area contributed by atoms with Gasteiger partial charge in [0, 0.05) is 11.5 Å². The van der Waals surface area contributed by atoms with Crippen molar-refractivity contribution in [1.29, 1.82) is 0 Å². The molecule has 0 aromatic heterocycles. The maximum absolute atomic E-state index is 13.7. The van der Waals surface area contributed by atoms with Crippen LogP contribution in [0.1, 0.15) is 64.5 Å². The molecule has 4 heteroatoms. The number of ether oxygens (including phenoxy) is 2. The van der Waals surface area contributed by atoms with Gasteiger partial charge in [-0.2, -0.15) is 0 Å². The highest BCUT2D eigenvalue weighted by Gasteiger charge is 2.48. The van der Waals surface area contributed by atoms with Crippen LogP contribution < -0.4 is 0 Å². The van der Waals surface area contributed by atoms with Gasteiger partial charge in [0.05, 0.1) is 12.5 Å². The Morgan fingerprint density at radius 2 is 1.85 bits per heavy atom. The third kappa shape index (κ3) is 4.15. The molecule has 1 aromatic carbocycles. The van der Waals surface area contributed by atoms with E-state index in [0.717, 1.165) is 16.7 Å². The zero-order valence-electron chi connectivity index (χ0n) is 20.3. The van der Waals surface area contributed by atoms with Crippen molar-refractivity contribution in [3.8, 4) is 0 Å². The molecule has 1 aromatic rings. The standard InChI is InChI=1S/C29H32O4/c1-7-32-29(31)25-18(5)14-23-27(26(25)21-12-10-20(11-13-21)16(2)3)28(30)24(33-23)15-22-9-8-17(4)19(22)6/h8-17,26-27H,7H2,1-6H3/b24-15+. The van der Waals surface area contributed by atoms with Crippen molar-refractivity contribution in [2.24, 2.45) is 11.8 Å². The number of hydrogen-bond acceptors (Lipinski definition) is 4. The van der Waals surface area contributed by atoms with Crippen molar-refractivity contribution in [2.45, 2.75) is 53.4 Å². The predicted molar refractivity (Wildman–Crippen MR) is 129 cm³/mol. The lowest BCUT2D eigenvalue weighted by molar-refractivity contribution is -0.139. The molecule has 0 bridgehead atoms. The molecule has 0 N–H and O–H groups in total. The zero-order chi connectivity index (χ0) is 23.9. The van der Waals surface area contributed by atoms with Crippen molar-refractivity contribution < 1.29 is 19.1 Å². The minimum atomic E-state index is -0.576. The molecule has 1 saturated heterocycles. The first-order chi connectivity index (χ1) is 15.7. The normalized spacial score (nSPS) is 25.7. The molecule has 33 heavy (non-hydrogen) atoms. The molecule has 1 fully saturated rings. The molecular weight excluding hydrogens is 412 g/mol. The summed E-state index contributed by atoms with van der Waals surface area (Å²) in [5.41, 5.74) is 5.66. The Balaban J connectivity index is 1.79. The molecule has 172 valence electrons. The number of benzene rings is 1. The first-order valence-electron chi connectivity index (χ1n) is 11.7. The second-order valence-electron chi connectivity index (χ2n) is 9.40. The summed E-state index contributed by atoms with van der Waals surface area (Å²) in [4.78, 5) is 26.7. The monoisotopic (exact) mass is 444 g/mol. The molecule has 3 unspecified atom stereocenters. The minimum absolute atomic E-state index is 0.0956. The van der Waals surface area contributed by atoms with Crippen molar-refractivity contribution in [1.82, 2.24) is 0 Å². The molecule has 1 aliphatic heterocycles. The van der Waals surface area contributed by atoms with E-state index in [9.17, 15) is 9.59 Å². The third-order valence-corrected chi connectivity index (χ3v) is 6.93. The van der Waals surface area contributed by atoms with Gasteiger partial charge in [-0.15, -0.1) is 0 Å². The Bertz CT molecular complexity index is 1140. The Morgan fingerprint density at radius 3 is 2.42 bits per heavy atom. The zero-order valence-corrected chi connectivity index (χ0v) is 20.3. The lowest BCUT2D eigenvalue weighted by atomic mass is 9.73. The van der Waals surface area contributed by atoms with Gasteiger partial charge in [0.15, 0.2) is 5.76 Å². The van der Waals surface area contributed by atoms with Gasteiger partial charge in [-0.1, -0.05) is 62.8 Å². The van der Waals surface area contributed by atoms with E-state index in [1.807, 2.05) is 37.3 Å². The molecule has 4 rings (SSSR count). The number of ketones is 1. The molecule has 4 nitrogen and oxygen atoms in total. The Hall–Kier alpha value is -3.14. The number of fused-ring (bicyclic) bond motifs is 1. The fourth-order valence-corrected chi connectivity index (χ4v) is 4.80. The van der Waals surface area contributed by atoms with Crippen LogP contribution in [0.4, 0.5) is 0 Å². The third-order valence-electron chi connectivity index (χ3n) is 6.93. The van der Waals surface area contributed by atoms with Gasteiger partial charge in [-0.25, -0.2) is 4.79 Å². The number of esters is 1. The molecule has 0 spiro atoms. The highest BCUT2D eigenvalue weighted by molar-refractivity contribution is 6.04. The lowest BCUT2D eigenvalue weighted by Crippen LogP contribution is -2.28. The van der Waals surface area contributed by atoms with Gasteiger partial charge in [-0.3, -0.25) is 4.79 Å². The summed E-state index contributed by atoms with van der Waals surface area (Å²) in [5.74, 6) is 0.184. The molecule has 0 radical (unpaired) electrons. The summed E-state index contributed by atoms with van der Waals surface area (Å²) in [6, 6.07) is 8.20. The van der Waals surface area contributed by atoms with Crippen LogP contribution >= 0.6 is 0 Å². The number of allylic oxidation sites excluding steroid dienone is 9. The highest BCUT2D eigenvalue weighted by atomic mass is 16.5. The predicted octanol–water partition coefficient (Wildman–Crippen LogP) is 6.29. The largest absolute Gasteiger partial charge is 0.463 e. The fraction of sp³-hybridized carbons (Fsp3) is 0.379. The van der Waals surface area contributed by atoms with Crippen LogP contribution in [0.15, 0.2) is 82.4 Å². The van der Waals surface area contributed by atoms with Crippen molar-refractivity contribution >= 4 is 11.8 Å². The van der Waals surface area contributed by atoms with Gasteiger partial charge in [0.1, 0.15) is 5.76 Å². The van der Waals surface area contributed by atoms with Gasteiger partial charge >= 0.3 is 5.97 Å². The number of carbonyl (C=O) groups excluding carboxylic acids is 2. The van der Waals surface area contributed by atoms with Crippen LogP contribution in [-0.2, 0) is 19.1 Å². The number of Topliss-reactive ketones (excluding diaryl/α,β-unsaturated/α-hetero) is 1. The van der Waals surface area contributed by atoms with Gasteiger partial charge in [0.2, 0.25) is 5.78 Å². The van der Waals surface area contributed by atoms with Crippen LogP contribution in [0.2, 0.25) is 0 Å². The van der Waals surface area contributed by atoms with Crippen molar-refractivity contribution in [2.75, 3.05) is 6.61 Å². The first kappa shape index (κ1) is 23.0. The Labute approximate surface area is 196 Å². The topological polar surface area (TPSA) is 52.6 Å². The van der Waals surface area contributed by atoms with Gasteiger partial charge < -0.3 is 9.47 Å². The smallest absolute Gasteiger partial charge is 0.334 e. The average Bonchev–Trinajstić information content (AvgIpc) is 3.26. The quantitative estimate of drug-likeness (QED) is 0.395. The van der Waals surface area contributed by atoms with Gasteiger partial charge in [0.25, 0.3) is 0 Å². The average molecular weight is 445 g/mol. The second-order valence-corrected chi connectivity index (χ2v) is 9.40. The summed E-state index contributed by atoms with van der Waals surface area (Å²) in [6.45, 7) is 12.5. The summed E-state index contributed by atoms with van der Waals surface area (Å²) in [7, 11) is 0. The van der Waals surface area contributed by atoms with Crippen LogP contribution in [-0.4, -0.2) is 18.4 Å². The van der Waals surface area contributed by atoms with E-state index in [1.165, 1.54) is 11.1 Å². The maximum Gasteiger partial charge on any atom is 0.334 e. The van der Waals surface area contributed by atoms with E-state index >= 15 is 0 Å². The fourth-order valence-electron chi connectivity index (χ4n) is 4.80. The first-order valence-corrected chi connectivity index (χ1v) is 11.7. The minimum Gasteiger partial charge on any atom is -0.463 e. The lowest BCUT2D eigenvalue weighted by Gasteiger charge is -2.29. The molecule has 3 aliphatic rings. The number of rotatable bonds is 5. The van der Waals surface area contributed by atoms with E-state index in [0.29, 0.717) is 28.9 Å². The molecular formula is C29H32O4. The van der Waals surface area contributed by atoms with Crippen LogP contribution in [0.3, 0.4) is 0 Å².